The van der Waals surface area contributed by atoms with Crippen molar-refractivity contribution < 1.29 is 4.74 Å². The molecule has 3 aromatic rings. The number of hydrogen-bond acceptors (Lipinski definition) is 5. The molecule has 0 saturated carbocycles. The summed E-state index contributed by atoms with van der Waals surface area (Å²) in [5.41, 5.74) is 1.70. The highest BCUT2D eigenvalue weighted by atomic mass is 32.1. The Morgan fingerprint density at radius 3 is 2.76 bits per heavy atom. The fourth-order valence-electron chi connectivity index (χ4n) is 2.00. The molecule has 6 heteroatoms. The molecule has 2 aromatic heterocycles. The van der Waals surface area contributed by atoms with Crippen LogP contribution in [0.4, 0.5) is 0 Å². The van der Waals surface area contributed by atoms with Crippen LogP contribution in [0, 0.1) is 6.92 Å². The van der Waals surface area contributed by atoms with Crippen molar-refractivity contribution >= 4 is 16.3 Å². The van der Waals surface area contributed by atoms with Gasteiger partial charge in [0.05, 0.1) is 5.69 Å². The van der Waals surface area contributed by atoms with Gasteiger partial charge in [0.1, 0.15) is 17.4 Å². The van der Waals surface area contributed by atoms with E-state index in [4.69, 9.17) is 4.74 Å². The Morgan fingerprint density at radius 2 is 2.05 bits per heavy atom. The second-order valence-electron chi connectivity index (χ2n) is 4.69. The molecule has 0 aliphatic carbocycles. The average Bonchev–Trinajstić information content (AvgIpc) is 2.87. The SMILES string of the molecule is CCc1ccc(OCc2cc(=O)n3nc(C)sc3n2)cc1. The number of benzene rings is 1. The fraction of sp³-hybridized carbons (Fsp3) is 0.267. The summed E-state index contributed by atoms with van der Waals surface area (Å²) in [4.78, 5) is 16.9. The first-order valence-electron chi connectivity index (χ1n) is 6.74. The molecular weight excluding hydrogens is 286 g/mol. The van der Waals surface area contributed by atoms with E-state index in [0.29, 0.717) is 10.7 Å². The number of fused-ring (bicyclic) bond motifs is 1. The molecule has 0 unspecified atom stereocenters. The lowest BCUT2D eigenvalue weighted by atomic mass is 10.2. The summed E-state index contributed by atoms with van der Waals surface area (Å²) < 4.78 is 6.99. The molecule has 3 rings (SSSR count). The van der Waals surface area contributed by atoms with E-state index in [1.54, 1.807) is 0 Å². The van der Waals surface area contributed by atoms with Gasteiger partial charge in [-0.25, -0.2) is 4.98 Å². The van der Waals surface area contributed by atoms with Gasteiger partial charge in [-0.05, 0) is 31.0 Å². The molecule has 2 heterocycles. The number of aryl methyl sites for hydroxylation is 2. The number of nitrogens with zero attached hydrogens (tertiary/aromatic N) is 3. The minimum absolute atomic E-state index is 0.177. The van der Waals surface area contributed by atoms with Crippen molar-refractivity contribution in [2.75, 3.05) is 0 Å². The van der Waals surface area contributed by atoms with Gasteiger partial charge in [0, 0.05) is 6.07 Å². The van der Waals surface area contributed by atoms with E-state index in [1.165, 1.54) is 27.5 Å². The molecule has 0 bridgehead atoms. The Kier molecular flexibility index (Phi) is 3.70. The molecule has 0 aliphatic heterocycles. The van der Waals surface area contributed by atoms with Gasteiger partial charge < -0.3 is 4.74 Å². The first-order chi connectivity index (χ1) is 10.2. The van der Waals surface area contributed by atoms with Gasteiger partial charge in [0.25, 0.3) is 5.56 Å². The first-order valence-corrected chi connectivity index (χ1v) is 7.55. The van der Waals surface area contributed by atoms with E-state index in [0.717, 1.165) is 17.2 Å². The van der Waals surface area contributed by atoms with Crippen molar-refractivity contribution in [3.63, 3.8) is 0 Å². The standard InChI is InChI=1S/C15H15N3O2S/c1-3-11-4-6-13(7-5-11)20-9-12-8-14(19)18-15(16-12)21-10(2)17-18/h4-8H,3,9H2,1-2H3. The highest BCUT2D eigenvalue weighted by Gasteiger charge is 2.07. The van der Waals surface area contributed by atoms with Crippen LogP contribution >= 0.6 is 11.3 Å². The topological polar surface area (TPSA) is 56.5 Å². The largest absolute Gasteiger partial charge is 0.487 e. The lowest BCUT2D eigenvalue weighted by Gasteiger charge is -2.06. The third-order valence-corrected chi connectivity index (χ3v) is 3.94. The number of aromatic nitrogens is 3. The second kappa shape index (κ2) is 5.65. The fourth-order valence-corrected chi connectivity index (χ4v) is 2.77. The van der Waals surface area contributed by atoms with Crippen molar-refractivity contribution in [2.45, 2.75) is 26.9 Å². The molecule has 0 radical (unpaired) electrons. The quantitative estimate of drug-likeness (QED) is 0.743. The zero-order valence-corrected chi connectivity index (χ0v) is 12.7. The molecule has 0 saturated heterocycles. The van der Waals surface area contributed by atoms with Crippen LogP contribution in [-0.4, -0.2) is 14.6 Å². The van der Waals surface area contributed by atoms with Crippen LogP contribution in [0.2, 0.25) is 0 Å². The monoisotopic (exact) mass is 301 g/mol. The first kappa shape index (κ1) is 13.8. The van der Waals surface area contributed by atoms with Gasteiger partial charge >= 0.3 is 0 Å². The molecule has 1 aromatic carbocycles. The third kappa shape index (κ3) is 2.95. The molecule has 108 valence electrons. The summed E-state index contributed by atoms with van der Waals surface area (Å²) in [5, 5.41) is 4.92. The molecule has 5 nitrogen and oxygen atoms in total. The molecule has 0 amide bonds. The Labute approximate surface area is 125 Å². The van der Waals surface area contributed by atoms with E-state index in [2.05, 4.69) is 17.0 Å². The molecule has 0 aliphatic rings. The van der Waals surface area contributed by atoms with Gasteiger partial charge in [-0.2, -0.15) is 9.61 Å². The summed E-state index contributed by atoms with van der Waals surface area (Å²) in [7, 11) is 0. The molecular formula is C15H15N3O2S. The Balaban J connectivity index is 1.79. The maximum Gasteiger partial charge on any atom is 0.275 e. The van der Waals surface area contributed by atoms with Crippen molar-refractivity contribution in [1.82, 2.24) is 14.6 Å². The lowest BCUT2D eigenvalue weighted by Crippen LogP contribution is -2.16. The summed E-state index contributed by atoms with van der Waals surface area (Å²) in [6, 6.07) is 9.40. The van der Waals surface area contributed by atoms with E-state index >= 15 is 0 Å². The van der Waals surface area contributed by atoms with Crippen LogP contribution in [0.15, 0.2) is 35.1 Å². The summed E-state index contributed by atoms with van der Waals surface area (Å²) in [6.07, 6.45) is 1.000. The minimum Gasteiger partial charge on any atom is -0.487 e. The van der Waals surface area contributed by atoms with Gasteiger partial charge in [-0.1, -0.05) is 30.4 Å². The summed E-state index contributed by atoms with van der Waals surface area (Å²) in [5.74, 6) is 0.773. The highest BCUT2D eigenvalue weighted by molar-refractivity contribution is 7.16. The Bertz CT molecular complexity index is 821. The van der Waals surface area contributed by atoms with Crippen molar-refractivity contribution in [3.05, 3.63) is 57.0 Å². The predicted molar refractivity (Wildman–Crippen MR) is 82.0 cm³/mol. The summed E-state index contributed by atoms with van der Waals surface area (Å²) in [6.45, 7) is 4.23. The van der Waals surface area contributed by atoms with E-state index < -0.39 is 0 Å². The molecule has 0 N–H and O–H groups in total. The molecule has 0 atom stereocenters. The third-order valence-electron chi connectivity index (χ3n) is 3.12. The number of ether oxygens (including phenoxy) is 1. The molecule has 0 fully saturated rings. The number of rotatable bonds is 4. The smallest absolute Gasteiger partial charge is 0.275 e. The van der Waals surface area contributed by atoms with E-state index in [-0.39, 0.29) is 12.2 Å². The predicted octanol–water partition coefficient (Wildman–Crippen LogP) is 2.60. The van der Waals surface area contributed by atoms with Gasteiger partial charge in [-0.3, -0.25) is 4.79 Å². The van der Waals surface area contributed by atoms with Crippen molar-refractivity contribution in [2.24, 2.45) is 0 Å². The zero-order valence-electron chi connectivity index (χ0n) is 11.9. The van der Waals surface area contributed by atoms with Crippen LogP contribution in [-0.2, 0) is 13.0 Å². The van der Waals surface area contributed by atoms with Crippen LogP contribution in [0.3, 0.4) is 0 Å². The Morgan fingerprint density at radius 1 is 1.29 bits per heavy atom. The highest BCUT2D eigenvalue weighted by Crippen LogP contribution is 2.15. The van der Waals surface area contributed by atoms with Crippen LogP contribution in [0.5, 0.6) is 5.75 Å². The summed E-state index contributed by atoms with van der Waals surface area (Å²) >= 11 is 1.39. The van der Waals surface area contributed by atoms with Gasteiger partial charge in [0.2, 0.25) is 4.96 Å². The maximum absolute atomic E-state index is 11.9. The normalized spacial score (nSPS) is 11.0. The second-order valence-corrected chi connectivity index (χ2v) is 5.85. The van der Waals surface area contributed by atoms with Crippen LogP contribution in [0.1, 0.15) is 23.2 Å². The van der Waals surface area contributed by atoms with Gasteiger partial charge in [-0.15, -0.1) is 0 Å². The number of hydrogen-bond donors (Lipinski definition) is 0. The maximum atomic E-state index is 11.9. The van der Waals surface area contributed by atoms with Crippen molar-refractivity contribution in [1.29, 1.82) is 0 Å². The van der Waals surface area contributed by atoms with Crippen LogP contribution in [0.25, 0.3) is 4.96 Å². The average molecular weight is 301 g/mol. The van der Waals surface area contributed by atoms with Gasteiger partial charge in [0.15, 0.2) is 0 Å². The minimum atomic E-state index is -0.177. The Hall–Kier alpha value is -2.21. The van der Waals surface area contributed by atoms with Crippen molar-refractivity contribution in [3.8, 4) is 5.75 Å². The molecule has 21 heavy (non-hydrogen) atoms. The lowest BCUT2D eigenvalue weighted by molar-refractivity contribution is 0.301. The van der Waals surface area contributed by atoms with E-state index in [1.807, 2.05) is 31.2 Å². The zero-order chi connectivity index (χ0) is 14.8. The van der Waals surface area contributed by atoms with E-state index in [9.17, 15) is 4.79 Å². The van der Waals surface area contributed by atoms with Crippen LogP contribution < -0.4 is 10.3 Å². The molecule has 0 spiro atoms.